The van der Waals surface area contributed by atoms with Crippen molar-refractivity contribution in [3.05, 3.63) is 47.0 Å². The van der Waals surface area contributed by atoms with Crippen LogP contribution in [0.25, 0.3) is 0 Å². The van der Waals surface area contributed by atoms with Crippen molar-refractivity contribution >= 4 is 11.6 Å². The molecule has 35 heavy (non-hydrogen) atoms. The maximum atomic E-state index is 12.4. The first kappa shape index (κ1) is 25.7. The summed E-state index contributed by atoms with van der Waals surface area (Å²) < 4.78 is 4.95. The fraction of sp³-hybridized carbons (Fsp3) is 0.630. The van der Waals surface area contributed by atoms with Gasteiger partial charge in [0.25, 0.3) is 6.48 Å². The largest absolute Gasteiger partial charge is 0.365 e. The van der Waals surface area contributed by atoms with Crippen molar-refractivity contribution in [1.82, 2.24) is 14.7 Å². The number of carbonyl (C=O) groups excluding carboxylic acids is 2. The van der Waals surface area contributed by atoms with Gasteiger partial charge in [-0.05, 0) is 31.6 Å². The molecular weight excluding hydrogens is 446 g/mol. The van der Waals surface area contributed by atoms with Crippen molar-refractivity contribution in [1.29, 1.82) is 0 Å². The maximum Gasteiger partial charge on any atom is 0.266 e. The molecule has 3 saturated heterocycles. The smallest absolute Gasteiger partial charge is 0.266 e. The van der Waals surface area contributed by atoms with Crippen LogP contribution in [0.1, 0.15) is 41.0 Å². The fourth-order valence-electron chi connectivity index (χ4n) is 4.53. The number of nitrogens with zero attached hydrogens (tertiary/aromatic N) is 3. The highest BCUT2D eigenvalue weighted by atomic mass is 16.7. The van der Waals surface area contributed by atoms with Crippen LogP contribution in [0, 0.1) is 17.3 Å². The molecule has 2 aliphatic carbocycles. The highest BCUT2D eigenvalue weighted by Crippen LogP contribution is 2.43. The van der Waals surface area contributed by atoms with E-state index in [1.165, 1.54) is 11.6 Å². The second-order valence-electron chi connectivity index (χ2n) is 10.7. The molecule has 0 aromatic rings. The van der Waals surface area contributed by atoms with Crippen LogP contribution in [0.4, 0.5) is 0 Å². The van der Waals surface area contributed by atoms with E-state index in [1.807, 2.05) is 28.5 Å². The molecule has 3 aliphatic heterocycles. The Morgan fingerprint density at radius 3 is 2.06 bits per heavy atom. The first-order valence-corrected chi connectivity index (χ1v) is 12.7. The third-order valence-corrected chi connectivity index (χ3v) is 7.83. The van der Waals surface area contributed by atoms with Crippen LogP contribution in [0.5, 0.6) is 0 Å². The monoisotopic (exact) mass is 485 g/mol. The summed E-state index contributed by atoms with van der Waals surface area (Å²) in [7, 11) is 0. The summed E-state index contributed by atoms with van der Waals surface area (Å²) in [6.07, 6.45) is 9.06. The predicted octanol–water partition coefficient (Wildman–Crippen LogP) is 2.02. The van der Waals surface area contributed by atoms with Crippen molar-refractivity contribution in [2.45, 2.75) is 53.6 Å². The van der Waals surface area contributed by atoms with Gasteiger partial charge in [0, 0.05) is 51.3 Å². The number of aliphatic hydroxyl groups excluding tert-OH is 1. The second-order valence-corrected chi connectivity index (χ2v) is 10.7. The summed E-state index contributed by atoms with van der Waals surface area (Å²) in [5, 5.41) is 17.5. The minimum atomic E-state index is -1.69. The summed E-state index contributed by atoms with van der Waals surface area (Å²) in [6.45, 7) is 14.3. The molecule has 0 radical (unpaired) electrons. The highest BCUT2D eigenvalue weighted by molar-refractivity contribution is 6.22. The molecule has 0 amide bonds. The summed E-state index contributed by atoms with van der Waals surface area (Å²) in [5.74, 6) is 0.724. The molecule has 3 fully saturated rings. The minimum Gasteiger partial charge on any atom is -0.365 e. The molecule has 8 heteroatoms. The van der Waals surface area contributed by atoms with Crippen LogP contribution in [0.2, 0.25) is 0 Å². The molecule has 2 N–H and O–H groups in total. The summed E-state index contributed by atoms with van der Waals surface area (Å²) in [5.41, 5.74) is 3.55. The molecule has 0 saturated carbocycles. The standard InChI is InChI=1S/C15H26O3.C12H13N3O2/c1-10(12(3)18-14(16)17)6-8-13-9-7-11(2)15(13,4)5;16-9-7-8(13-1-2-13)12(17)11(15-5-6-15)10(9)14-3-4-14/h6-8,10,12-14,16-17H,9H2,1-5H3;7H,1-6H2/b8-6+;. The van der Waals surface area contributed by atoms with Gasteiger partial charge in [0.2, 0.25) is 11.6 Å². The highest BCUT2D eigenvalue weighted by Gasteiger charge is 2.43. The molecular formula is C27H39N3O5. The summed E-state index contributed by atoms with van der Waals surface area (Å²) in [6, 6.07) is 0. The van der Waals surface area contributed by atoms with Gasteiger partial charge in [0.05, 0.1) is 11.8 Å². The van der Waals surface area contributed by atoms with E-state index < -0.39 is 6.48 Å². The van der Waals surface area contributed by atoms with Crippen LogP contribution in [0.3, 0.4) is 0 Å². The van der Waals surface area contributed by atoms with Gasteiger partial charge < -0.3 is 29.6 Å². The van der Waals surface area contributed by atoms with Crippen LogP contribution in [0.15, 0.2) is 47.0 Å². The Balaban J connectivity index is 0.000000165. The van der Waals surface area contributed by atoms with Gasteiger partial charge in [0.15, 0.2) is 0 Å². The molecule has 8 nitrogen and oxygen atoms in total. The van der Waals surface area contributed by atoms with E-state index in [-0.39, 0.29) is 29.0 Å². The van der Waals surface area contributed by atoms with E-state index in [9.17, 15) is 9.59 Å². The van der Waals surface area contributed by atoms with Crippen LogP contribution in [-0.2, 0) is 14.3 Å². The van der Waals surface area contributed by atoms with E-state index in [2.05, 4.69) is 39.0 Å². The Kier molecular flexibility index (Phi) is 7.27. The van der Waals surface area contributed by atoms with Crippen LogP contribution in [-0.4, -0.2) is 88.3 Å². The molecule has 5 aliphatic rings. The molecule has 0 bridgehead atoms. The molecule has 5 rings (SSSR count). The van der Waals surface area contributed by atoms with Crippen LogP contribution < -0.4 is 0 Å². The zero-order valence-corrected chi connectivity index (χ0v) is 21.5. The third-order valence-electron chi connectivity index (χ3n) is 7.83. The van der Waals surface area contributed by atoms with Crippen molar-refractivity contribution in [3.8, 4) is 0 Å². The average Bonchev–Trinajstić information content (AvgIpc) is 3.63. The molecule has 0 aromatic carbocycles. The van der Waals surface area contributed by atoms with Gasteiger partial charge >= 0.3 is 0 Å². The van der Waals surface area contributed by atoms with Gasteiger partial charge in [-0.15, -0.1) is 0 Å². The van der Waals surface area contributed by atoms with E-state index in [0.29, 0.717) is 23.0 Å². The zero-order valence-electron chi connectivity index (χ0n) is 21.5. The average molecular weight is 486 g/mol. The number of hydrogen-bond acceptors (Lipinski definition) is 8. The van der Waals surface area contributed by atoms with Crippen molar-refractivity contribution in [2.24, 2.45) is 17.3 Å². The number of rotatable bonds is 8. The van der Waals surface area contributed by atoms with Crippen molar-refractivity contribution in [3.63, 3.8) is 0 Å². The van der Waals surface area contributed by atoms with Gasteiger partial charge in [-0.25, -0.2) is 0 Å². The van der Waals surface area contributed by atoms with Gasteiger partial charge in [-0.2, -0.15) is 0 Å². The lowest BCUT2D eigenvalue weighted by Crippen LogP contribution is -2.29. The molecule has 3 atom stereocenters. The molecule has 0 spiro atoms. The third kappa shape index (κ3) is 5.88. The molecule has 3 heterocycles. The number of Topliss-reactive ketones (excluding diaryl/α,β-unsaturated/α-hetero) is 1. The Bertz CT molecular complexity index is 981. The lowest BCUT2D eigenvalue weighted by molar-refractivity contribution is -0.257. The normalized spacial score (nSPS) is 26.6. The first-order chi connectivity index (χ1) is 16.5. The van der Waals surface area contributed by atoms with E-state index >= 15 is 0 Å². The minimum absolute atomic E-state index is 0.00546. The summed E-state index contributed by atoms with van der Waals surface area (Å²) >= 11 is 0. The lowest BCUT2D eigenvalue weighted by atomic mass is 9.77. The quantitative estimate of drug-likeness (QED) is 0.234. The predicted molar refractivity (Wildman–Crippen MR) is 133 cm³/mol. The van der Waals surface area contributed by atoms with E-state index in [1.54, 1.807) is 0 Å². The SMILES string of the molecule is CC1=CCC(/C=C/C(C)C(C)OC(O)O)C1(C)C.O=C1C=C(N2CC2)C(=O)C(N2CC2)=C1N1CC1. The fourth-order valence-corrected chi connectivity index (χ4v) is 4.53. The number of aliphatic hydroxyl groups is 2. The van der Waals surface area contributed by atoms with E-state index in [0.717, 1.165) is 45.7 Å². The number of ketones is 2. The van der Waals surface area contributed by atoms with Gasteiger partial charge in [-0.1, -0.05) is 44.6 Å². The number of hydrogen-bond donors (Lipinski definition) is 2. The van der Waals surface area contributed by atoms with Crippen LogP contribution >= 0.6 is 0 Å². The number of allylic oxidation sites excluding steroid dienone is 4. The van der Waals surface area contributed by atoms with Gasteiger partial charge in [-0.3, -0.25) is 9.59 Å². The number of ether oxygens (including phenoxy) is 1. The maximum absolute atomic E-state index is 12.4. The Hall–Kier alpha value is -2.42. The van der Waals surface area contributed by atoms with E-state index in [4.69, 9.17) is 14.9 Å². The topological polar surface area (TPSA) is 92.9 Å². The Morgan fingerprint density at radius 1 is 1.00 bits per heavy atom. The molecule has 3 unspecified atom stereocenters. The zero-order chi connectivity index (χ0) is 25.5. The van der Waals surface area contributed by atoms with Gasteiger partial charge in [0.1, 0.15) is 11.4 Å². The number of carbonyl (C=O) groups is 2. The molecule has 0 aromatic heterocycles. The second kappa shape index (κ2) is 9.91. The Morgan fingerprint density at radius 2 is 1.57 bits per heavy atom. The lowest BCUT2D eigenvalue weighted by Gasteiger charge is -2.28. The molecule has 192 valence electrons. The van der Waals surface area contributed by atoms with Crippen molar-refractivity contribution < 1.29 is 24.5 Å². The first-order valence-electron chi connectivity index (χ1n) is 12.7. The Labute approximate surface area is 208 Å². The summed E-state index contributed by atoms with van der Waals surface area (Å²) in [4.78, 5) is 30.5. The van der Waals surface area contributed by atoms with Crippen molar-refractivity contribution in [2.75, 3.05) is 39.3 Å².